The molecule has 0 saturated carbocycles. The molecule has 0 spiro atoms. The summed E-state index contributed by atoms with van der Waals surface area (Å²) in [5.41, 5.74) is 0.104. The van der Waals surface area contributed by atoms with E-state index in [1.807, 2.05) is 0 Å². The summed E-state index contributed by atoms with van der Waals surface area (Å²) in [5.74, 6) is 0.313. The van der Waals surface area contributed by atoms with Gasteiger partial charge in [-0.15, -0.1) is 0 Å². The minimum atomic E-state index is -3.46. The van der Waals surface area contributed by atoms with Crippen LogP contribution in [0.25, 0.3) is 0 Å². The highest BCUT2D eigenvalue weighted by molar-refractivity contribution is 7.90. The highest BCUT2D eigenvalue weighted by atomic mass is 32.2. The smallest absolute Gasteiger partial charge is 0.293 e. The van der Waals surface area contributed by atoms with Gasteiger partial charge in [0.1, 0.15) is 5.69 Å². The van der Waals surface area contributed by atoms with Gasteiger partial charge in [-0.25, -0.2) is 8.42 Å². The van der Waals surface area contributed by atoms with E-state index in [1.165, 1.54) is 12.1 Å². The highest BCUT2D eigenvalue weighted by Gasteiger charge is 2.20. The summed E-state index contributed by atoms with van der Waals surface area (Å²) >= 11 is 0. The third-order valence-corrected chi connectivity index (χ3v) is 4.54. The van der Waals surface area contributed by atoms with Crippen LogP contribution in [0.2, 0.25) is 0 Å². The third-order valence-electron chi connectivity index (χ3n) is 3.43. The van der Waals surface area contributed by atoms with E-state index in [9.17, 15) is 18.5 Å². The topological polar surface area (TPSA) is 98.5 Å². The predicted molar refractivity (Wildman–Crippen MR) is 78.2 cm³/mol. The standard InChI is InChI=1S/C13H18N2O5S/c1-21(18,19)11-4-5-12(13(7-11)15(16)17)14-8-10-3-2-6-20-9-10/h4-5,7,10,14H,2-3,6,8-9H2,1H3. The zero-order valence-corrected chi connectivity index (χ0v) is 12.6. The fourth-order valence-electron chi connectivity index (χ4n) is 2.27. The van der Waals surface area contributed by atoms with Crippen LogP contribution in [0.4, 0.5) is 11.4 Å². The Balaban J connectivity index is 2.16. The van der Waals surface area contributed by atoms with Gasteiger partial charge < -0.3 is 10.1 Å². The Bertz CT molecular complexity index is 623. The maximum Gasteiger partial charge on any atom is 0.293 e. The van der Waals surface area contributed by atoms with Crippen LogP contribution < -0.4 is 5.32 Å². The molecule has 8 heteroatoms. The molecule has 0 aromatic heterocycles. The van der Waals surface area contributed by atoms with E-state index in [2.05, 4.69) is 5.32 Å². The quantitative estimate of drug-likeness (QED) is 0.657. The first-order valence-electron chi connectivity index (χ1n) is 6.68. The molecule has 0 radical (unpaired) electrons. The van der Waals surface area contributed by atoms with Crippen LogP contribution in [-0.2, 0) is 14.6 Å². The fourth-order valence-corrected chi connectivity index (χ4v) is 2.91. The Hall–Kier alpha value is -1.67. The molecule has 1 aliphatic rings. The first-order chi connectivity index (χ1) is 9.88. The largest absolute Gasteiger partial charge is 0.381 e. The minimum Gasteiger partial charge on any atom is -0.381 e. The molecule has 1 aromatic carbocycles. The number of anilines is 1. The van der Waals surface area contributed by atoms with Crippen LogP contribution in [0.5, 0.6) is 0 Å². The second kappa shape index (κ2) is 6.40. The Morgan fingerprint density at radius 2 is 2.24 bits per heavy atom. The van der Waals surface area contributed by atoms with Crippen molar-refractivity contribution in [2.75, 3.05) is 31.3 Å². The molecule has 21 heavy (non-hydrogen) atoms. The normalized spacial score (nSPS) is 19.2. The van der Waals surface area contributed by atoms with Crippen molar-refractivity contribution >= 4 is 21.2 Å². The maximum atomic E-state index is 11.5. The van der Waals surface area contributed by atoms with Gasteiger partial charge in [0.15, 0.2) is 9.84 Å². The second-order valence-electron chi connectivity index (χ2n) is 5.17. The van der Waals surface area contributed by atoms with Gasteiger partial charge in [-0.1, -0.05) is 0 Å². The molecule has 1 atom stereocenters. The summed E-state index contributed by atoms with van der Waals surface area (Å²) in [6.45, 7) is 1.97. The number of nitro benzene ring substituents is 1. The van der Waals surface area contributed by atoms with E-state index < -0.39 is 14.8 Å². The van der Waals surface area contributed by atoms with Gasteiger partial charge in [-0.05, 0) is 30.9 Å². The number of rotatable bonds is 5. The van der Waals surface area contributed by atoms with Crippen molar-refractivity contribution in [3.05, 3.63) is 28.3 Å². The lowest BCUT2D eigenvalue weighted by molar-refractivity contribution is -0.384. The van der Waals surface area contributed by atoms with Crippen molar-refractivity contribution in [3.63, 3.8) is 0 Å². The van der Waals surface area contributed by atoms with Crippen molar-refractivity contribution in [1.82, 2.24) is 0 Å². The third kappa shape index (κ3) is 4.15. The highest BCUT2D eigenvalue weighted by Crippen LogP contribution is 2.28. The Morgan fingerprint density at radius 3 is 2.81 bits per heavy atom. The monoisotopic (exact) mass is 314 g/mol. The molecular weight excluding hydrogens is 296 g/mol. The second-order valence-corrected chi connectivity index (χ2v) is 7.19. The van der Waals surface area contributed by atoms with Crippen molar-refractivity contribution in [3.8, 4) is 0 Å². The summed E-state index contributed by atoms with van der Waals surface area (Å²) in [7, 11) is -3.46. The van der Waals surface area contributed by atoms with E-state index in [1.54, 1.807) is 0 Å². The SMILES string of the molecule is CS(=O)(=O)c1ccc(NCC2CCCOC2)c([N+](=O)[O-])c1. The van der Waals surface area contributed by atoms with E-state index in [0.29, 0.717) is 24.8 Å². The summed E-state index contributed by atoms with van der Waals surface area (Å²) in [6.07, 6.45) is 3.03. The van der Waals surface area contributed by atoms with Crippen molar-refractivity contribution in [1.29, 1.82) is 0 Å². The lowest BCUT2D eigenvalue weighted by Gasteiger charge is -2.22. The number of benzene rings is 1. The lowest BCUT2D eigenvalue weighted by atomic mass is 10.0. The molecule has 7 nitrogen and oxygen atoms in total. The molecule has 1 heterocycles. The van der Waals surface area contributed by atoms with Crippen molar-refractivity contribution < 1.29 is 18.1 Å². The number of nitrogens with zero attached hydrogens (tertiary/aromatic N) is 1. The van der Waals surface area contributed by atoms with Crippen LogP contribution >= 0.6 is 0 Å². The first kappa shape index (κ1) is 15.7. The van der Waals surface area contributed by atoms with Gasteiger partial charge in [-0.2, -0.15) is 0 Å². The summed E-state index contributed by atoms with van der Waals surface area (Å²) in [6, 6.07) is 3.91. The van der Waals surface area contributed by atoms with Gasteiger partial charge in [0.25, 0.3) is 5.69 Å². The molecule has 1 unspecified atom stereocenters. The van der Waals surface area contributed by atoms with Gasteiger partial charge >= 0.3 is 0 Å². The van der Waals surface area contributed by atoms with Crippen LogP contribution in [-0.4, -0.2) is 39.4 Å². The summed E-state index contributed by atoms with van der Waals surface area (Å²) < 4.78 is 28.3. The first-order valence-corrected chi connectivity index (χ1v) is 8.57. The van der Waals surface area contributed by atoms with Gasteiger partial charge in [0, 0.05) is 25.5 Å². The summed E-state index contributed by atoms with van der Waals surface area (Å²) in [4.78, 5) is 10.5. The van der Waals surface area contributed by atoms with Crippen LogP contribution in [0.3, 0.4) is 0 Å². The number of nitrogens with one attached hydrogen (secondary N) is 1. The zero-order chi connectivity index (χ0) is 15.5. The Labute approximate surface area is 123 Å². The number of sulfone groups is 1. The molecule has 2 rings (SSSR count). The number of nitro groups is 1. The number of ether oxygens (including phenoxy) is 1. The Morgan fingerprint density at radius 1 is 1.48 bits per heavy atom. The van der Waals surface area contributed by atoms with E-state index in [4.69, 9.17) is 4.74 Å². The molecule has 0 aliphatic carbocycles. The molecular formula is C13H18N2O5S. The average Bonchev–Trinajstić information content (AvgIpc) is 2.45. The molecule has 1 saturated heterocycles. The lowest BCUT2D eigenvalue weighted by Crippen LogP contribution is -2.24. The fraction of sp³-hybridized carbons (Fsp3) is 0.538. The van der Waals surface area contributed by atoms with E-state index in [0.717, 1.165) is 31.8 Å². The van der Waals surface area contributed by atoms with Crippen molar-refractivity contribution in [2.45, 2.75) is 17.7 Å². The maximum absolute atomic E-state index is 11.5. The van der Waals surface area contributed by atoms with Crippen LogP contribution in [0.1, 0.15) is 12.8 Å². The van der Waals surface area contributed by atoms with Gasteiger partial charge in [0.2, 0.25) is 0 Å². The molecule has 0 bridgehead atoms. The summed E-state index contributed by atoms with van der Waals surface area (Å²) in [5, 5.41) is 14.1. The average molecular weight is 314 g/mol. The molecule has 0 amide bonds. The predicted octanol–water partition coefficient (Wildman–Crippen LogP) is 1.84. The van der Waals surface area contributed by atoms with Gasteiger partial charge in [0.05, 0.1) is 16.4 Å². The molecule has 1 N–H and O–H groups in total. The minimum absolute atomic E-state index is 0.0549. The van der Waals surface area contributed by atoms with Crippen molar-refractivity contribution in [2.24, 2.45) is 5.92 Å². The van der Waals surface area contributed by atoms with Gasteiger partial charge in [-0.3, -0.25) is 10.1 Å². The van der Waals surface area contributed by atoms with E-state index in [-0.39, 0.29) is 10.6 Å². The number of hydrogen-bond acceptors (Lipinski definition) is 6. The van der Waals surface area contributed by atoms with Crippen LogP contribution in [0.15, 0.2) is 23.1 Å². The van der Waals surface area contributed by atoms with E-state index >= 15 is 0 Å². The molecule has 1 fully saturated rings. The zero-order valence-electron chi connectivity index (χ0n) is 11.7. The number of hydrogen-bond donors (Lipinski definition) is 1. The molecule has 116 valence electrons. The Kier molecular flexibility index (Phi) is 4.79. The molecule has 1 aliphatic heterocycles. The molecule has 1 aromatic rings. The van der Waals surface area contributed by atoms with Crippen LogP contribution in [0, 0.1) is 16.0 Å².